The van der Waals surface area contributed by atoms with Gasteiger partial charge in [0, 0.05) is 5.82 Å². The largest absolute Gasteiger partial charge is 2.00 e. The molecule has 0 atom stereocenters. The minimum Gasteiger partial charge on any atom is -1.00 e. The monoisotopic (exact) mass is 284 g/mol. The molecule has 1 aromatic carbocycles. The molecule has 1 saturated heterocycles. The first-order valence-electron chi connectivity index (χ1n) is 4.26. The summed E-state index contributed by atoms with van der Waals surface area (Å²) >= 11 is 0. The third kappa shape index (κ3) is 3.99. The van der Waals surface area contributed by atoms with E-state index in [0.29, 0.717) is 18.8 Å². The summed E-state index contributed by atoms with van der Waals surface area (Å²) in [6.45, 7) is 1.26. The van der Waals surface area contributed by atoms with Gasteiger partial charge in [-0.15, -0.1) is 6.07 Å². The molecule has 15 heavy (non-hydrogen) atoms. The van der Waals surface area contributed by atoms with Gasteiger partial charge in [0.1, 0.15) is 0 Å². The molecule has 0 radical (unpaired) electrons. The molecule has 0 bridgehead atoms. The predicted octanol–water partition coefficient (Wildman–Crippen LogP) is -1.32. The Balaban J connectivity index is 0.000000980. The van der Waals surface area contributed by atoms with Crippen molar-refractivity contribution in [1.29, 1.82) is 0 Å². The normalized spacial score (nSPS) is 16.3. The first-order valence-corrected chi connectivity index (χ1v) is 4.26. The molecule has 2 nitrogen and oxygen atoms in total. The van der Waals surface area contributed by atoms with E-state index in [2.05, 4.69) is 6.07 Å². The predicted molar refractivity (Wildman–Crippen MR) is 50.3 cm³/mol. The SMILES string of the molecule is Fc1c[c-]ccc1C1OCCCO1.[Br-].[Mg+2]. The molecular weight excluding hydrogens is 275 g/mol. The summed E-state index contributed by atoms with van der Waals surface area (Å²) in [6.07, 6.45) is 0.334. The fourth-order valence-corrected chi connectivity index (χ4v) is 1.28. The van der Waals surface area contributed by atoms with Crippen LogP contribution in [0.5, 0.6) is 0 Å². The Labute approximate surface area is 115 Å². The van der Waals surface area contributed by atoms with Crippen LogP contribution in [0, 0.1) is 11.9 Å². The molecule has 0 unspecified atom stereocenters. The molecular formula is C10H10BrFMgO2. The fourth-order valence-electron chi connectivity index (χ4n) is 1.28. The van der Waals surface area contributed by atoms with Crippen LogP contribution in [0.25, 0.3) is 0 Å². The van der Waals surface area contributed by atoms with Crippen molar-refractivity contribution in [2.45, 2.75) is 12.7 Å². The second-order valence-electron chi connectivity index (χ2n) is 2.87. The molecule has 0 amide bonds. The van der Waals surface area contributed by atoms with Crippen molar-refractivity contribution < 1.29 is 30.8 Å². The van der Waals surface area contributed by atoms with Crippen molar-refractivity contribution in [3.63, 3.8) is 0 Å². The zero-order valence-electron chi connectivity index (χ0n) is 8.21. The van der Waals surface area contributed by atoms with Gasteiger partial charge in [-0.3, -0.25) is 4.39 Å². The summed E-state index contributed by atoms with van der Waals surface area (Å²) in [6, 6.07) is 7.23. The number of benzene rings is 1. The van der Waals surface area contributed by atoms with Crippen molar-refractivity contribution in [2.24, 2.45) is 0 Å². The summed E-state index contributed by atoms with van der Waals surface area (Å²) in [5.41, 5.74) is 0.457. The van der Waals surface area contributed by atoms with Crippen LogP contribution in [0.3, 0.4) is 0 Å². The maximum atomic E-state index is 13.2. The Hall–Kier alpha value is 0.316. The van der Waals surface area contributed by atoms with Crippen LogP contribution in [0.1, 0.15) is 18.3 Å². The van der Waals surface area contributed by atoms with Gasteiger partial charge in [-0.1, -0.05) is 5.56 Å². The van der Waals surface area contributed by atoms with Crippen LogP contribution in [0.15, 0.2) is 18.2 Å². The number of halogens is 2. The van der Waals surface area contributed by atoms with Crippen molar-refractivity contribution >= 4 is 23.1 Å². The Morgan fingerprint density at radius 1 is 1.33 bits per heavy atom. The van der Waals surface area contributed by atoms with E-state index >= 15 is 0 Å². The smallest absolute Gasteiger partial charge is 1.00 e. The molecule has 0 aliphatic carbocycles. The van der Waals surface area contributed by atoms with E-state index in [1.54, 1.807) is 12.1 Å². The second-order valence-corrected chi connectivity index (χ2v) is 2.87. The van der Waals surface area contributed by atoms with Gasteiger partial charge in [-0.05, 0) is 6.42 Å². The summed E-state index contributed by atoms with van der Waals surface area (Å²) in [5, 5.41) is 0. The average Bonchev–Trinajstić information content (AvgIpc) is 2.20. The van der Waals surface area contributed by atoms with Crippen molar-refractivity contribution in [2.75, 3.05) is 13.2 Å². The maximum absolute atomic E-state index is 13.2. The summed E-state index contributed by atoms with van der Waals surface area (Å²) < 4.78 is 23.7. The number of hydrogen-bond acceptors (Lipinski definition) is 2. The van der Waals surface area contributed by atoms with Crippen molar-refractivity contribution in [1.82, 2.24) is 0 Å². The minimum atomic E-state index is -0.539. The Kier molecular flexibility index (Phi) is 7.73. The zero-order chi connectivity index (χ0) is 9.10. The van der Waals surface area contributed by atoms with Crippen LogP contribution < -0.4 is 17.0 Å². The van der Waals surface area contributed by atoms with Gasteiger partial charge in [0.05, 0.1) is 13.2 Å². The number of ether oxygens (including phenoxy) is 2. The van der Waals surface area contributed by atoms with Crippen molar-refractivity contribution in [3.05, 3.63) is 35.6 Å². The van der Waals surface area contributed by atoms with E-state index in [0.717, 1.165) is 6.42 Å². The van der Waals surface area contributed by atoms with Gasteiger partial charge in [-0.25, -0.2) is 0 Å². The quantitative estimate of drug-likeness (QED) is 0.471. The van der Waals surface area contributed by atoms with Gasteiger partial charge in [-0.2, -0.15) is 18.2 Å². The Bertz CT molecular complexity index is 293. The summed E-state index contributed by atoms with van der Waals surface area (Å²) in [5.74, 6) is -0.325. The third-order valence-corrected chi connectivity index (χ3v) is 1.93. The topological polar surface area (TPSA) is 18.5 Å². The fraction of sp³-hybridized carbons (Fsp3) is 0.400. The molecule has 5 heteroatoms. The van der Waals surface area contributed by atoms with Gasteiger partial charge in [0.25, 0.3) is 0 Å². The molecule has 0 aromatic heterocycles. The van der Waals surface area contributed by atoms with E-state index in [1.807, 2.05) is 0 Å². The Morgan fingerprint density at radius 3 is 2.60 bits per heavy atom. The first-order chi connectivity index (χ1) is 6.38. The van der Waals surface area contributed by atoms with E-state index in [-0.39, 0.29) is 45.9 Å². The standard InChI is InChI=1S/C10H10FO2.BrH.Mg/c11-9-5-2-1-4-8(9)10-12-6-3-7-13-10;;/h1,4-5,10H,3,6-7H2;1H;/q-1;;+2/p-1. The minimum absolute atomic E-state index is 0. The molecule has 0 saturated carbocycles. The van der Waals surface area contributed by atoms with Crippen molar-refractivity contribution in [3.8, 4) is 0 Å². The number of hydrogen-bond donors (Lipinski definition) is 0. The number of rotatable bonds is 1. The molecule has 0 spiro atoms. The molecule has 1 aromatic rings. The van der Waals surface area contributed by atoms with E-state index < -0.39 is 6.29 Å². The van der Waals surface area contributed by atoms with E-state index in [4.69, 9.17) is 9.47 Å². The van der Waals surface area contributed by atoms with Crippen LogP contribution >= 0.6 is 0 Å². The van der Waals surface area contributed by atoms with Crippen LogP contribution in [-0.2, 0) is 9.47 Å². The molecule has 1 aliphatic rings. The van der Waals surface area contributed by atoms with Gasteiger partial charge >= 0.3 is 23.1 Å². The van der Waals surface area contributed by atoms with Crippen LogP contribution in [-0.4, -0.2) is 36.3 Å². The van der Waals surface area contributed by atoms with E-state index in [9.17, 15) is 4.39 Å². The average molecular weight is 285 g/mol. The maximum Gasteiger partial charge on any atom is 2.00 e. The zero-order valence-corrected chi connectivity index (χ0v) is 11.2. The Morgan fingerprint density at radius 2 is 2.00 bits per heavy atom. The first kappa shape index (κ1) is 15.3. The van der Waals surface area contributed by atoms with Crippen LogP contribution in [0.2, 0.25) is 0 Å². The van der Waals surface area contributed by atoms with Gasteiger partial charge in [0.2, 0.25) is 0 Å². The molecule has 2 rings (SSSR count). The molecule has 1 fully saturated rings. The van der Waals surface area contributed by atoms with Crippen LogP contribution in [0.4, 0.5) is 4.39 Å². The molecule has 78 valence electrons. The third-order valence-electron chi connectivity index (χ3n) is 1.93. The van der Waals surface area contributed by atoms with Gasteiger partial charge < -0.3 is 26.5 Å². The van der Waals surface area contributed by atoms with E-state index in [1.165, 1.54) is 6.07 Å². The molecule has 1 heterocycles. The molecule has 1 aliphatic heterocycles. The molecule has 0 N–H and O–H groups in total. The van der Waals surface area contributed by atoms with Gasteiger partial charge in [0.15, 0.2) is 6.29 Å². The second kappa shape index (κ2) is 7.57. The summed E-state index contributed by atoms with van der Waals surface area (Å²) in [7, 11) is 0. The summed E-state index contributed by atoms with van der Waals surface area (Å²) in [4.78, 5) is 0.